The Balaban J connectivity index is 1.92. The van der Waals surface area contributed by atoms with Crippen LogP contribution in [0.5, 0.6) is 0 Å². The summed E-state index contributed by atoms with van der Waals surface area (Å²) in [5.41, 5.74) is 0. The molecule has 5 nitrogen and oxygen atoms in total. The molecule has 1 atom stereocenters. The van der Waals surface area contributed by atoms with Crippen molar-refractivity contribution < 1.29 is 13.2 Å². The van der Waals surface area contributed by atoms with E-state index < -0.39 is 10.2 Å². The van der Waals surface area contributed by atoms with Crippen LogP contribution >= 0.6 is 0 Å². The summed E-state index contributed by atoms with van der Waals surface area (Å²) >= 11 is 0. The van der Waals surface area contributed by atoms with Crippen LogP contribution in [0.15, 0.2) is 0 Å². The summed E-state index contributed by atoms with van der Waals surface area (Å²) in [6.07, 6.45) is 2.29. The van der Waals surface area contributed by atoms with Crippen molar-refractivity contribution in [1.82, 2.24) is 9.03 Å². The SMILES string of the molecule is C[C@@H](NS(=O)(=O)N1CCOCC1)C1CC1. The first-order valence-corrected chi connectivity index (χ1v) is 6.89. The summed E-state index contributed by atoms with van der Waals surface area (Å²) in [5.74, 6) is 0.542. The van der Waals surface area contributed by atoms with E-state index in [4.69, 9.17) is 4.74 Å². The van der Waals surface area contributed by atoms with E-state index >= 15 is 0 Å². The van der Waals surface area contributed by atoms with Gasteiger partial charge < -0.3 is 4.74 Å². The highest BCUT2D eigenvalue weighted by Gasteiger charge is 2.33. The Morgan fingerprint density at radius 2 is 1.93 bits per heavy atom. The molecule has 0 bridgehead atoms. The van der Waals surface area contributed by atoms with E-state index in [9.17, 15) is 8.42 Å². The molecule has 0 spiro atoms. The van der Waals surface area contributed by atoms with Crippen molar-refractivity contribution >= 4 is 10.2 Å². The van der Waals surface area contributed by atoms with Crippen LogP contribution in [-0.4, -0.2) is 45.1 Å². The monoisotopic (exact) mass is 234 g/mol. The predicted molar refractivity (Wildman–Crippen MR) is 56.6 cm³/mol. The second-order valence-corrected chi connectivity index (χ2v) is 5.96. The summed E-state index contributed by atoms with van der Waals surface area (Å²) in [6.45, 7) is 3.87. The normalized spacial score (nSPS) is 26.5. The number of hydrogen-bond acceptors (Lipinski definition) is 3. The van der Waals surface area contributed by atoms with Crippen molar-refractivity contribution in [2.75, 3.05) is 26.3 Å². The quantitative estimate of drug-likeness (QED) is 0.742. The van der Waals surface area contributed by atoms with Crippen LogP contribution in [0.25, 0.3) is 0 Å². The topological polar surface area (TPSA) is 58.6 Å². The van der Waals surface area contributed by atoms with Gasteiger partial charge in [0.2, 0.25) is 0 Å². The lowest BCUT2D eigenvalue weighted by Gasteiger charge is -2.27. The molecule has 0 aromatic heterocycles. The summed E-state index contributed by atoms with van der Waals surface area (Å²) in [5, 5.41) is 0. The minimum absolute atomic E-state index is 0.0674. The fourth-order valence-corrected chi connectivity index (χ4v) is 3.23. The summed E-state index contributed by atoms with van der Waals surface area (Å²) in [4.78, 5) is 0. The van der Waals surface area contributed by atoms with Crippen molar-refractivity contribution in [3.05, 3.63) is 0 Å². The molecular weight excluding hydrogens is 216 g/mol. The van der Waals surface area contributed by atoms with Crippen LogP contribution < -0.4 is 4.72 Å². The molecule has 1 aliphatic carbocycles. The molecule has 1 heterocycles. The first kappa shape index (κ1) is 11.3. The van der Waals surface area contributed by atoms with Crippen LogP contribution in [0.4, 0.5) is 0 Å². The van der Waals surface area contributed by atoms with Crippen LogP contribution in [-0.2, 0) is 14.9 Å². The average molecular weight is 234 g/mol. The predicted octanol–water partition coefficient (Wildman–Crippen LogP) is -0.0485. The molecule has 2 aliphatic rings. The summed E-state index contributed by atoms with van der Waals surface area (Å²) in [6, 6.07) is 0.0674. The Morgan fingerprint density at radius 1 is 1.33 bits per heavy atom. The summed E-state index contributed by atoms with van der Waals surface area (Å²) in [7, 11) is -3.28. The van der Waals surface area contributed by atoms with Crippen LogP contribution in [0, 0.1) is 5.92 Å². The summed E-state index contributed by atoms with van der Waals surface area (Å²) < 4.78 is 33.1. The van der Waals surface area contributed by atoms with Gasteiger partial charge in [-0.15, -0.1) is 0 Å². The van der Waals surface area contributed by atoms with Gasteiger partial charge in [0.05, 0.1) is 13.2 Å². The third-order valence-electron chi connectivity index (χ3n) is 2.97. The highest BCUT2D eigenvalue weighted by molar-refractivity contribution is 7.87. The Bertz CT molecular complexity index is 307. The highest BCUT2D eigenvalue weighted by atomic mass is 32.2. The molecule has 1 saturated heterocycles. The number of ether oxygens (including phenoxy) is 1. The molecule has 6 heteroatoms. The minimum Gasteiger partial charge on any atom is -0.379 e. The lowest BCUT2D eigenvalue weighted by atomic mass is 10.2. The van der Waals surface area contributed by atoms with E-state index in [1.807, 2.05) is 6.92 Å². The average Bonchev–Trinajstić information content (AvgIpc) is 3.01. The Hall–Kier alpha value is -0.170. The minimum atomic E-state index is -3.28. The van der Waals surface area contributed by atoms with Crippen molar-refractivity contribution in [3.8, 4) is 0 Å². The van der Waals surface area contributed by atoms with Crippen molar-refractivity contribution in [3.63, 3.8) is 0 Å². The van der Waals surface area contributed by atoms with Gasteiger partial charge >= 0.3 is 0 Å². The number of hydrogen-bond donors (Lipinski definition) is 1. The van der Waals surface area contributed by atoms with Gasteiger partial charge in [0.1, 0.15) is 0 Å². The fourth-order valence-electron chi connectivity index (χ4n) is 1.79. The molecule has 1 N–H and O–H groups in total. The van der Waals surface area contributed by atoms with E-state index in [0.29, 0.717) is 32.2 Å². The van der Waals surface area contributed by atoms with Crippen molar-refractivity contribution in [1.29, 1.82) is 0 Å². The van der Waals surface area contributed by atoms with Gasteiger partial charge in [-0.1, -0.05) is 0 Å². The van der Waals surface area contributed by atoms with Gasteiger partial charge in [-0.3, -0.25) is 0 Å². The molecule has 2 fully saturated rings. The molecule has 15 heavy (non-hydrogen) atoms. The first-order valence-electron chi connectivity index (χ1n) is 5.45. The number of rotatable bonds is 4. The lowest BCUT2D eigenvalue weighted by Crippen LogP contribution is -2.49. The molecule has 0 aromatic carbocycles. The maximum Gasteiger partial charge on any atom is 0.279 e. The van der Waals surface area contributed by atoms with Crippen LogP contribution in [0.3, 0.4) is 0 Å². The molecule has 1 aliphatic heterocycles. The Labute approximate surface area is 91.0 Å². The number of morpholine rings is 1. The molecule has 0 radical (unpaired) electrons. The maximum atomic E-state index is 11.9. The zero-order valence-electron chi connectivity index (χ0n) is 8.98. The van der Waals surface area contributed by atoms with E-state index in [0.717, 1.165) is 12.8 Å². The Kier molecular flexibility index (Phi) is 3.30. The Morgan fingerprint density at radius 3 is 2.47 bits per heavy atom. The third-order valence-corrected chi connectivity index (χ3v) is 4.69. The van der Waals surface area contributed by atoms with E-state index in [2.05, 4.69) is 4.72 Å². The first-order chi connectivity index (χ1) is 7.09. The molecule has 0 amide bonds. The van der Waals surface area contributed by atoms with Crippen molar-refractivity contribution in [2.45, 2.75) is 25.8 Å². The molecule has 2 rings (SSSR count). The van der Waals surface area contributed by atoms with Crippen LogP contribution in [0.2, 0.25) is 0 Å². The molecular formula is C9H18N2O3S. The highest BCUT2D eigenvalue weighted by Crippen LogP contribution is 2.32. The van der Waals surface area contributed by atoms with Gasteiger partial charge in [0.15, 0.2) is 0 Å². The second kappa shape index (κ2) is 4.37. The maximum absolute atomic E-state index is 11.9. The fraction of sp³-hybridized carbons (Fsp3) is 1.00. The third kappa shape index (κ3) is 2.90. The number of nitrogens with one attached hydrogen (secondary N) is 1. The van der Waals surface area contributed by atoms with Crippen molar-refractivity contribution in [2.24, 2.45) is 5.92 Å². The van der Waals surface area contributed by atoms with E-state index in [1.165, 1.54) is 4.31 Å². The van der Waals surface area contributed by atoms with Gasteiger partial charge in [0, 0.05) is 19.1 Å². The second-order valence-electron chi connectivity index (χ2n) is 4.26. The largest absolute Gasteiger partial charge is 0.379 e. The molecule has 0 aromatic rings. The van der Waals surface area contributed by atoms with Crippen LogP contribution in [0.1, 0.15) is 19.8 Å². The van der Waals surface area contributed by atoms with E-state index in [-0.39, 0.29) is 6.04 Å². The zero-order valence-corrected chi connectivity index (χ0v) is 9.79. The smallest absolute Gasteiger partial charge is 0.279 e. The lowest BCUT2D eigenvalue weighted by molar-refractivity contribution is 0.0723. The van der Waals surface area contributed by atoms with Gasteiger partial charge in [-0.05, 0) is 25.7 Å². The molecule has 1 saturated carbocycles. The zero-order chi connectivity index (χ0) is 10.9. The van der Waals surface area contributed by atoms with Gasteiger partial charge in [-0.25, -0.2) is 0 Å². The standard InChI is InChI=1S/C9H18N2O3S/c1-8(9-2-3-9)10-15(12,13)11-4-6-14-7-5-11/h8-10H,2-7H2,1H3/t8-/m1/s1. The molecule has 0 unspecified atom stereocenters. The van der Waals surface area contributed by atoms with E-state index in [1.54, 1.807) is 0 Å². The van der Waals surface area contributed by atoms with Gasteiger partial charge in [-0.2, -0.15) is 17.4 Å². The number of nitrogens with zero attached hydrogens (tertiary/aromatic N) is 1. The molecule has 88 valence electrons. The van der Waals surface area contributed by atoms with Gasteiger partial charge in [0.25, 0.3) is 10.2 Å².